The van der Waals surface area contributed by atoms with Crippen LogP contribution in [0.3, 0.4) is 0 Å². The Morgan fingerprint density at radius 1 is 1.15 bits per heavy atom. The summed E-state index contributed by atoms with van der Waals surface area (Å²) in [5.74, 6) is -0.815. The van der Waals surface area contributed by atoms with Gasteiger partial charge in [-0.2, -0.15) is 0 Å². The fourth-order valence-electron chi connectivity index (χ4n) is 1.97. The van der Waals surface area contributed by atoms with Gasteiger partial charge in [-0.25, -0.2) is 8.78 Å². The van der Waals surface area contributed by atoms with Gasteiger partial charge in [0.1, 0.15) is 11.6 Å². The van der Waals surface area contributed by atoms with Gasteiger partial charge in [0.25, 0.3) is 0 Å². The topological polar surface area (TPSA) is 12.0 Å². The number of benzene rings is 2. The van der Waals surface area contributed by atoms with E-state index in [0.29, 0.717) is 12.1 Å². The highest BCUT2D eigenvalue weighted by atomic mass is 79.9. The number of hydrogen-bond donors (Lipinski definition) is 1. The molecule has 0 aromatic heterocycles. The van der Waals surface area contributed by atoms with Crippen molar-refractivity contribution < 1.29 is 8.78 Å². The van der Waals surface area contributed by atoms with Crippen LogP contribution in [0.15, 0.2) is 40.9 Å². The van der Waals surface area contributed by atoms with Crippen LogP contribution in [-0.2, 0) is 6.54 Å². The number of aryl methyl sites for hydroxylation is 1. The van der Waals surface area contributed by atoms with Crippen LogP contribution in [-0.4, -0.2) is 0 Å². The van der Waals surface area contributed by atoms with E-state index in [0.717, 1.165) is 27.7 Å². The zero-order valence-corrected chi connectivity index (χ0v) is 13.0. The summed E-state index contributed by atoms with van der Waals surface area (Å²) < 4.78 is 27.9. The molecule has 1 nitrogen and oxygen atoms in total. The van der Waals surface area contributed by atoms with Gasteiger partial charge >= 0.3 is 0 Å². The molecule has 0 heterocycles. The molecule has 0 radical (unpaired) electrons. The summed E-state index contributed by atoms with van der Waals surface area (Å²) in [6, 6.07) is 9.32. The second kappa shape index (κ2) is 6.46. The van der Waals surface area contributed by atoms with Crippen LogP contribution in [0.5, 0.6) is 0 Å². The summed E-state index contributed by atoms with van der Waals surface area (Å²) in [6.45, 7) is 4.43. The van der Waals surface area contributed by atoms with Crippen LogP contribution in [0, 0.1) is 18.6 Å². The molecular formula is C16H16BrF2N. The van der Waals surface area contributed by atoms with Gasteiger partial charge in [0, 0.05) is 22.6 Å². The highest BCUT2D eigenvalue weighted by Gasteiger charge is 2.11. The molecule has 0 bridgehead atoms. The van der Waals surface area contributed by atoms with Crippen LogP contribution >= 0.6 is 15.9 Å². The minimum atomic E-state index is -0.423. The van der Waals surface area contributed by atoms with Crippen molar-refractivity contribution in [2.75, 3.05) is 0 Å². The largest absolute Gasteiger partial charge is 0.306 e. The molecule has 0 fully saturated rings. The standard InChI is InChI=1S/C16H16BrF2N/c1-10-3-4-12(7-15(10)17)9-20-11(2)14-8-13(18)5-6-16(14)19/h3-8,11,20H,9H2,1-2H3. The van der Waals surface area contributed by atoms with Crippen molar-refractivity contribution in [3.05, 3.63) is 69.2 Å². The van der Waals surface area contributed by atoms with Gasteiger partial charge in [-0.05, 0) is 49.2 Å². The minimum absolute atomic E-state index is 0.259. The maximum Gasteiger partial charge on any atom is 0.128 e. The summed E-state index contributed by atoms with van der Waals surface area (Å²) in [5.41, 5.74) is 2.60. The first kappa shape index (κ1) is 15.1. The Balaban J connectivity index is 2.06. The number of nitrogens with one attached hydrogen (secondary N) is 1. The predicted molar refractivity (Wildman–Crippen MR) is 80.5 cm³/mol. The Kier molecular flexibility index (Phi) is 4.89. The minimum Gasteiger partial charge on any atom is -0.306 e. The predicted octanol–water partition coefficient (Wildman–Crippen LogP) is 4.89. The van der Waals surface area contributed by atoms with E-state index in [1.807, 2.05) is 32.0 Å². The van der Waals surface area contributed by atoms with Crippen molar-refractivity contribution in [1.82, 2.24) is 5.32 Å². The highest BCUT2D eigenvalue weighted by molar-refractivity contribution is 9.10. The van der Waals surface area contributed by atoms with Gasteiger partial charge < -0.3 is 5.32 Å². The zero-order valence-electron chi connectivity index (χ0n) is 11.4. The third-order valence-corrected chi connectivity index (χ3v) is 4.13. The first-order chi connectivity index (χ1) is 9.47. The van der Waals surface area contributed by atoms with E-state index in [4.69, 9.17) is 0 Å². The van der Waals surface area contributed by atoms with Crippen molar-refractivity contribution >= 4 is 15.9 Å². The van der Waals surface area contributed by atoms with Gasteiger partial charge in [-0.1, -0.05) is 28.1 Å². The fourth-order valence-corrected chi connectivity index (χ4v) is 2.40. The first-order valence-corrected chi connectivity index (χ1v) is 7.20. The SMILES string of the molecule is Cc1ccc(CNC(C)c2cc(F)ccc2F)cc1Br. The third-order valence-electron chi connectivity index (χ3n) is 3.27. The lowest BCUT2D eigenvalue weighted by atomic mass is 10.1. The van der Waals surface area contributed by atoms with E-state index in [1.165, 1.54) is 6.07 Å². The third kappa shape index (κ3) is 3.64. The average molecular weight is 340 g/mol. The van der Waals surface area contributed by atoms with Crippen LogP contribution in [0.2, 0.25) is 0 Å². The monoisotopic (exact) mass is 339 g/mol. The Morgan fingerprint density at radius 3 is 2.60 bits per heavy atom. The smallest absolute Gasteiger partial charge is 0.128 e. The molecule has 0 spiro atoms. The van der Waals surface area contributed by atoms with Gasteiger partial charge in [0.15, 0.2) is 0 Å². The molecule has 0 amide bonds. The summed E-state index contributed by atoms with van der Waals surface area (Å²) in [7, 11) is 0. The lowest BCUT2D eigenvalue weighted by Gasteiger charge is -2.15. The van der Waals surface area contributed by atoms with Crippen molar-refractivity contribution in [3.63, 3.8) is 0 Å². The summed E-state index contributed by atoms with van der Waals surface area (Å²) in [6.07, 6.45) is 0. The van der Waals surface area contributed by atoms with E-state index in [-0.39, 0.29) is 6.04 Å². The number of halogens is 3. The lowest BCUT2D eigenvalue weighted by molar-refractivity contribution is 0.518. The van der Waals surface area contributed by atoms with E-state index in [2.05, 4.69) is 21.2 Å². The highest BCUT2D eigenvalue weighted by Crippen LogP contribution is 2.20. The van der Waals surface area contributed by atoms with E-state index in [9.17, 15) is 8.78 Å². The summed E-state index contributed by atoms with van der Waals surface area (Å²) in [4.78, 5) is 0. The molecule has 106 valence electrons. The van der Waals surface area contributed by atoms with Crippen molar-refractivity contribution in [2.45, 2.75) is 26.4 Å². The molecule has 20 heavy (non-hydrogen) atoms. The van der Waals surface area contributed by atoms with Crippen molar-refractivity contribution in [3.8, 4) is 0 Å². The molecule has 0 aliphatic heterocycles. The number of rotatable bonds is 4. The van der Waals surface area contributed by atoms with Crippen LogP contribution < -0.4 is 5.32 Å². The molecular weight excluding hydrogens is 324 g/mol. The molecule has 1 atom stereocenters. The van der Waals surface area contributed by atoms with Crippen molar-refractivity contribution in [1.29, 1.82) is 0 Å². The molecule has 4 heteroatoms. The van der Waals surface area contributed by atoms with Crippen molar-refractivity contribution in [2.24, 2.45) is 0 Å². The summed E-state index contributed by atoms with van der Waals surface area (Å²) in [5, 5.41) is 3.20. The fraction of sp³-hybridized carbons (Fsp3) is 0.250. The Hall–Kier alpha value is -1.26. The molecule has 0 aliphatic carbocycles. The Bertz CT molecular complexity index is 613. The molecule has 1 unspecified atom stereocenters. The van der Waals surface area contributed by atoms with Crippen LogP contribution in [0.4, 0.5) is 8.78 Å². The normalized spacial score (nSPS) is 12.4. The van der Waals surface area contributed by atoms with Gasteiger partial charge in [-0.3, -0.25) is 0 Å². The maximum atomic E-state index is 13.6. The molecule has 1 N–H and O–H groups in total. The second-order valence-electron chi connectivity index (χ2n) is 4.85. The summed E-state index contributed by atoms with van der Waals surface area (Å²) >= 11 is 3.48. The molecule has 2 aromatic carbocycles. The Labute approximate surface area is 126 Å². The zero-order chi connectivity index (χ0) is 14.7. The first-order valence-electron chi connectivity index (χ1n) is 6.40. The van der Waals surface area contributed by atoms with Crippen LogP contribution in [0.1, 0.15) is 29.7 Å². The Morgan fingerprint density at radius 2 is 1.90 bits per heavy atom. The van der Waals surface area contributed by atoms with Gasteiger partial charge in [0.05, 0.1) is 0 Å². The van der Waals surface area contributed by atoms with E-state index in [1.54, 1.807) is 0 Å². The van der Waals surface area contributed by atoms with Gasteiger partial charge in [-0.15, -0.1) is 0 Å². The molecule has 0 saturated heterocycles. The second-order valence-corrected chi connectivity index (χ2v) is 5.71. The molecule has 2 rings (SSSR count). The van der Waals surface area contributed by atoms with E-state index >= 15 is 0 Å². The number of hydrogen-bond acceptors (Lipinski definition) is 1. The molecule has 0 saturated carbocycles. The maximum absolute atomic E-state index is 13.6. The van der Waals surface area contributed by atoms with Gasteiger partial charge in [0.2, 0.25) is 0 Å². The van der Waals surface area contributed by atoms with E-state index < -0.39 is 11.6 Å². The van der Waals surface area contributed by atoms with Crippen LogP contribution in [0.25, 0.3) is 0 Å². The quantitative estimate of drug-likeness (QED) is 0.836. The lowest BCUT2D eigenvalue weighted by Crippen LogP contribution is -2.19. The molecule has 0 aliphatic rings. The average Bonchev–Trinajstić information content (AvgIpc) is 2.42. The molecule has 2 aromatic rings.